The van der Waals surface area contributed by atoms with E-state index in [1.807, 2.05) is 0 Å². The summed E-state index contributed by atoms with van der Waals surface area (Å²) in [5, 5.41) is 2.56. The second-order valence-corrected chi connectivity index (χ2v) is 12.0. The summed E-state index contributed by atoms with van der Waals surface area (Å²) in [7, 11) is -4.02. The zero-order valence-corrected chi connectivity index (χ0v) is 24.6. The Morgan fingerprint density at radius 1 is 1.15 bits per heavy atom. The number of nitrogens with zero attached hydrogens (tertiary/aromatic N) is 2. The first kappa shape index (κ1) is 30.8. The van der Waals surface area contributed by atoms with E-state index >= 15 is 4.39 Å². The molecule has 1 fully saturated rings. The molecule has 1 N–H and O–H groups in total. The molecule has 13 heteroatoms. The highest BCUT2D eigenvalue weighted by atomic mass is 35.5. The van der Waals surface area contributed by atoms with Crippen molar-refractivity contribution in [3.05, 3.63) is 64.3 Å². The van der Waals surface area contributed by atoms with Gasteiger partial charge in [0.2, 0.25) is 11.8 Å². The molecule has 41 heavy (non-hydrogen) atoms. The van der Waals surface area contributed by atoms with Gasteiger partial charge in [-0.2, -0.15) is 0 Å². The van der Waals surface area contributed by atoms with E-state index in [0.717, 1.165) is 6.07 Å². The number of carbonyl (C=O) groups excluding carboxylic acids is 3. The lowest BCUT2D eigenvalue weighted by atomic mass is 10.1. The zero-order chi connectivity index (χ0) is 29.9. The van der Waals surface area contributed by atoms with E-state index < -0.39 is 37.1 Å². The number of amides is 2. The zero-order valence-electron chi connectivity index (χ0n) is 22.9. The Kier molecular flexibility index (Phi) is 9.64. The van der Waals surface area contributed by atoms with Crippen LogP contribution < -0.4 is 10.6 Å². The third kappa shape index (κ3) is 6.38. The molecule has 0 spiro atoms. The van der Waals surface area contributed by atoms with Crippen LogP contribution in [0.4, 0.5) is 8.78 Å². The Labute approximate surface area is 241 Å². The number of hydrogen-bond donors (Lipinski definition) is 1. The number of nitrogens with one attached hydrogen (secondary N) is 1. The molecule has 2 amide bonds. The van der Waals surface area contributed by atoms with Crippen LogP contribution in [0.5, 0.6) is 0 Å². The van der Waals surface area contributed by atoms with Crippen LogP contribution in [0.3, 0.4) is 0 Å². The van der Waals surface area contributed by atoms with Gasteiger partial charge in [-0.25, -0.2) is 8.78 Å². The molecule has 2 aromatic carbocycles. The summed E-state index contributed by atoms with van der Waals surface area (Å²) in [5.74, 6) is -2.67. The minimum absolute atomic E-state index is 0.00924. The topological polar surface area (TPSA) is 107 Å². The second-order valence-electron chi connectivity index (χ2n) is 9.56. The smallest absolute Gasteiger partial charge is 0.350 e. The van der Waals surface area contributed by atoms with Crippen molar-refractivity contribution in [3.63, 3.8) is 0 Å². The summed E-state index contributed by atoms with van der Waals surface area (Å²) in [6.45, 7) is 4.51. The van der Waals surface area contributed by atoms with Crippen molar-refractivity contribution in [3.8, 4) is 0 Å². The molecule has 220 valence electrons. The number of aromatic nitrogens is 1. The van der Waals surface area contributed by atoms with Crippen molar-refractivity contribution < 1.29 is 36.8 Å². The number of benzene rings is 2. The van der Waals surface area contributed by atoms with Crippen molar-refractivity contribution in [2.24, 2.45) is 0 Å². The fourth-order valence-electron chi connectivity index (χ4n) is 5.00. The van der Waals surface area contributed by atoms with Gasteiger partial charge in [0.25, 0.3) is 0 Å². The lowest BCUT2D eigenvalue weighted by molar-refractivity contribution is -0.138. The van der Waals surface area contributed by atoms with Gasteiger partial charge in [-0.3, -0.25) is 18.9 Å². The normalized spacial score (nSPS) is 15.5. The molecule has 1 atom stereocenters. The first-order chi connectivity index (χ1) is 19.5. The molecule has 1 aromatic heterocycles. The molecule has 0 bridgehead atoms. The SMILES string of the molecule is CCOP(=O)(OCC)c1cc2c(cc1F)c(C(C)=O)cn2CC(=O)N1CCC[C@H]1C(=O)NCc1cccc(Cl)c1F. The number of carbonyl (C=O) groups is 3. The van der Waals surface area contributed by atoms with Gasteiger partial charge in [0.05, 0.1) is 23.8 Å². The maximum atomic E-state index is 15.2. The summed E-state index contributed by atoms with van der Waals surface area (Å²) >= 11 is 5.82. The predicted octanol–water partition coefficient (Wildman–Crippen LogP) is 4.97. The Morgan fingerprint density at radius 2 is 1.85 bits per heavy atom. The maximum Gasteiger partial charge on any atom is 0.364 e. The molecular weight excluding hydrogens is 579 g/mol. The lowest BCUT2D eigenvalue weighted by Crippen LogP contribution is -2.46. The summed E-state index contributed by atoms with van der Waals surface area (Å²) in [6.07, 6.45) is 2.44. The summed E-state index contributed by atoms with van der Waals surface area (Å²) in [6, 6.07) is 6.09. The van der Waals surface area contributed by atoms with Crippen LogP contribution in [0.15, 0.2) is 36.5 Å². The highest BCUT2D eigenvalue weighted by Gasteiger charge is 2.35. The number of fused-ring (bicyclic) bond motifs is 1. The Balaban J connectivity index is 1.61. The first-order valence-corrected chi connectivity index (χ1v) is 15.2. The van der Waals surface area contributed by atoms with Crippen molar-refractivity contribution in [1.82, 2.24) is 14.8 Å². The number of likely N-dealkylation sites (tertiary alicyclic amines) is 1. The molecule has 9 nitrogen and oxygen atoms in total. The molecule has 2 heterocycles. The van der Waals surface area contributed by atoms with Crippen LogP contribution in [-0.4, -0.2) is 52.9 Å². The van der Waals surface area contributed by atoms with Gasteiger partial charge in [-0.1, -0.05) is 23.7 Å². The number of Topliss-reactive ketones (excluding diaryl/α,β-unsaturated/α-hetero) is 1. The van der Waals surface area contributed by atoms with Crippen molar-refractivity contribution >= 4 is 53.0 Å². The Bertz CT molecular complexity index is 1530. The molecule has 0 unspecified atom stereocenters. The quantitative estimate of drug-likeness (QED) is 0.243. The maximum absolute atomic E-state index is 15.2. The highest BCUT2D eigenvalue weighted by Crippen LogP contribution is 2.48. The number of halogens is 3. The average molecular weight is 610 g/mol. The fourth-order valence-corrected chi connectivity index (χ4v) is 6.83. The van der Waals surface area contributed by atoms with E-state index in [2.05, 4.69) is 5.32 Å². The molecule has 1 aliphatic rings. The molecule has 3 aromatic rings. The van der Waals surface area contributed by atoms with Crippen LogP contribution in [0.1, 0.15) is 49.5 Å². The van der Waals surface area contributed by atoms with Crippen LogP contribution in [0, 0.1) is 11.6 Å². The molecule has 0 saturated carbocycles. The minimum atomic E-state index is -4.02. The van der Waals surface area contributed by atoms with Crippen molar-refractivity contribution in [2.75, 3.05) is 19.8 Å². The summed E-state index contributed by atoms with van der Waals surface area (Å²) in [4.78, 5) is 40.2. The number of hydrogen-bond acceptors (Lipinski definition) is 6. The molecular formula is C28H31ClF2N3O6P. The summed E-state index contributed by atoms with van der Waals surface area (Å²) in [5.41, 5.74) is 0.688. The molecule has 4 rings (SSSR count). The van der Waals surface area contributed by atoms with E-state index in [1.165, 1.54) is 40.8 Å². The Morgan fingerprint density at radius 3 is 2.51 bits per heavy atom. The van der Waals surface area contributed by atoms with Gasteiger partial charge in [-0.15, -0.1) is 0 Å². The largest absolute Gasteiger partial charge is 0.364 e. The molecule has 1 saturated heterocycles. The van der Waals surface area contributed by atoms with E-state index in [0.29, 0.717) is 19.4 Å². The number of ketones is 1. The fraction of sp³-hybridized carbons (Fsp3) is 0.393. The van der Waals surface area contributed by atoms with Crippen LogP contribution >= 0.6 is 19.2 Å². The average Bonchev–Trinajstić information content (AvgIpc) is 3.54. The van der Waals surface area contributed by atoms with Crippen LogP contribution in [-0.2, 0) is 36.3 Å². The predicted molar refractivity (Wildman–Crippen MR) is 150 cm³/mol. The Hall–Kier alpha value is -3.11. The standard InChI is InChI=1S/C28H31ClF2N3O6P/c1-4-39-41(38,40-5-2)25-13-24-19(12-22(25)30)20(17(3)35)15-33(24)16-26(36)34-11-7-10-23(34)28(37)32-14-18-8-6-9-21(29)27(18)31/h6,8-9,12-13,15,23H,4-5,7,10-11,14,16H2,1-3H3,(H,32,37)/t23-/m0/s1. The third-order valence-electron chi connectivity index (χ3n) is 6.89. The number of rotatable bonds is 11. The minimum Gasteiger partial charge on any atom is -0.350 e. The second kappa shape index (κ2) is 12.8. The van der Waals surface area contributed by atoms with E-state index in [1.54, 1.807) is 19.9 Å². The molecule has 0 aliphatic carbocycles. The van der Waals surface area contributed by atoms with E-state index in [9.17, 15) is 23.3 Å². The monoisotopic (exact) mass is 609 g/mol. The van der Waals surface area contributed by atoms with Crippen LogP contribution in [0.25, 0.3) is 10.9 Å². The van der Waals surface area contributed by atoms with Gasteiger partial charge in [0.1, 0.15) is 29.5 Å². The van der Waals surface area contributed by atoms with Gasteiger partial charge in [-0.05, 0) is 51.8 Å². The van der Waals surface area contributed by atoms with Gasteiger partial charge in [0, 0.05) is 35.8 Å². The van der Waals surface area contributed by atoms with E-state index in [-0.39, 0.29) is 64.4 Å². The van der Waals surface area contributed by atoms with Gasteiger partial charge in [0.15, 0.2) is 5.78 Å². The van der Waals surface area contributed by atoms with Gasteiger partial charge >= 0.3 is 7.60 Å². The third-order valence-corrected chi connectivity index (χ3v) is 9.31. The van der Waals surface area contributed by atoms with Crippen LogP contribution in [0.2, 0.25) is 5.02 Å². The summed E-state index contributed by atoms with van der Waals surface area (Å²) < 4.78 is 54.9. The molecule has 0 radical (unpaired) electrons. The first-order valence-electron chi connectivity index (χ1n) is 13.2. The van der Waals surface area contributed by atoms with Crippen molar-refractivity contribution in [2.45, 2.75) is 52.7 Å². The van der Waals surface area contributed by atoms with Gasteiger partial charge < -0.3 is 23.8 Å². The lowest BCUT2D eigenvalue weighted by Gasteiger charge is -2.24. The van der Waals surface area contributed by atoms with Crippen molar-refractivity contribution in [1.29, 1.82) is 0 Å². The van der Waals surface area contributed by atoms with E-state index in [4.69, 9.17) is 20.6 Å². The molecule has 1 aliphatic heterocycles. The highest BCUT2D eigenvalue weighted by molar-refractivity contribution is 7.62.